The van der Waals surface area contributed by atoms with Crippen molar-refractivity contribution < 1.29 is 17.6 Å². The maximum Gasteiger partial charge on any atom is 0.239 e. The smallest absolute Gasteiger partial charge is 0.239 e. The fourth-order valence-corrected chi connectivity index (χ4v) is 4.79. The first-order chi connectivity index (χ1) is 14.9. The number of sulfone groups is 1. The number of carbonyl (C=O) groups is 1. The SMILES string of the molecule is Cc1ccc(S(=O)(=O)c2cccc(NCC(=O)NCCSc3ccccn3)c2F)cc1. The summed E-state index contributed by atoms with van der Waals surface area (Å²) < 4.78 is 40.5. The highest BCUT2D eigenvalue weighted by Gasteiger charge is 2.23. The van der Waals surface area contributed by atoms with E-state index < -0.39 is 20.5 Å². The first-order valence-electron chi connectivity index (χ1n) is 9.52. The Morgan fingerprint density at radius 1 is 1.06 bits per heavy atom. The molecule has 1 aromatic heterocycles. The summed E-state index contributed by atoms with van der Waals surface area (Å²) >= 11 is 1.51. The molecule has 2 N–H and O–H groups in total. The van der Waals surface area contributed by atoms with Crippen LogP contribution in [0.25, 0.3) is 0 Å². The lowest BCUT2D eigenvalue weighted by molar-refractivity contribution is -0.119. The Hall–Kier alpha value is -2.91. The second kappa shape index (κ2) is 10.4. The highest BCUT2D eigenvalue weighted by molar-refractivity contribution is 7.99. The number of thioether (sulfide) groups is 1. The molecular formula is C22H22FN3O3S2. The molecular weight excluding hydrogens is 437 g/mol. The van der Waals surface area contributed by atoms with Gasteiger partial charge in [0.25, 0.3) is 0 Å². The number of hydrogen-bond donors (Lipinski definition) is 2. The summed E-state index contributed by atoms with van der Waals surface area (Å²) in [5, 5.41) is 6.27. The van der Waals surface area contributed by atoms with Gasteiger partial charge in [0, 0.05) is 18.5 Å². The molecule has 31 heavy (non-hydrogen) atoms. The van der Waals surface area contributed by atoms with Crippen LogP contribution < -0.4 is 10.6 Å². The zero-order valence-electron chi connectivity index (χ0n) is 16.8. The van der Waals surface area contributed by atoms with Crippen molar-refractivity contribution in [3.8, 4) is 0 Å². The predicted molar refractivity (Wildman–Crippen MR) is 119 cm³/mol. The molecule has 3 aromatic rings. The van der Waals surface area contributed by atoms with Crippen LogP contribution in [0.4, 0.5) is 10.1 Å². The normalized spacial score (nSPS) is 11.2. The highest BCUT2D eigenvalue weighted by Crippen LogP contribution is 2.27. The van der Waals surface area contributed by atoms with E-state index in [2.05, 4.69) is 15.6 Å². The van der Waals surface area contributed by atoms with Gasteiger partial charge in [-0.1, -0.05) is 29.8 Å². The van der Waals surface area contributed by atoms with Crippen LogP contribution in [-0.4, -0.2) is 38.2 Å². The van der Waals surface area contributed by atoms with Gasteiger partial charge in [0.1, 0.15) is 4.90 Å². The Bertz CT molecular complexity index is 1140. The zero-order valence-corrected chi connectivity index (χ0v) is 18.5. The molecule has 0 aliphatic carbocycles. The van der Waals surface area contributed by atoms with Crippen LogP contribution in [0.3, 0.4) is 0 Å². The number of halogens is 1. The number of aromatic nitrogens is 1. The lowest BCUT2D eigenvalue weighted by Gasteiger charge is -2.12. The Morgan fingerprint density at radius 2 is 1.84 bits per heavy atom. The molecule has 0 fully saturated rings. The van der Waals surface area contributed by atoms with E-state index in [-0.39, 0.29) is 23.0 Å². The van der Waals surface area contributed by atoms with Crippen molar-refractivity contribution in [1.29, 1.82) is 0 Å². The summed E-state index contributed by atoms with van der Waals surface area (Å²) in [5.74, 6) is -0.601. The van der Waals surface area contributed by atoms with Crippen molar-refractivity contribution >= 4 is 33.2 Å². The fraction of sp³-hybridized carbons (Fsp3) is 0.182. The molecule has 0 aliphatic heterocycles. The second-order valence-electron chi connectivity index (χ2n) is 6.65. The number of carbonyl (C=O) groups excluding carboxylic acids is 1. The molecule has 1 heterocycles. The number of aryl methyl sites for hydroxylation is 1. The van der Waals surface area contributed by atoms with Gasteiger partial charge in [-0.3, -0.25) is 4.79 Å². The minimum absolute atomic E-state index is 0.0114. The Kier molecular flexibility index (Phi) is 7.64. The summed E-state index contributed by atoms with van der Waals surface area (Å²) in [5.41, 5.74) is 0.852. The van der Waals surface area contributed by atoms with E-state index in [0.29, 0.717) is 12.3 Å². The number of anilines is 1. The summed E-state index contributed by atoms with van der Waals surface area (Å²) in [4.78, 5) is 15.8. The average Bonchev–Trinajstić information content (AvgIpc) is 2.77. The molecule has 0 unspecified atom stereocenters. The molecule has 162 valence electrons. The number of amides is 1. The highest BCUT2D eigenvalue weighted by atomic mass is 32.2. The van der Waals surface area contributed by atoms with Crippen molar-refractivity contribution in [3.05, 3.63) is 78.2 Å². The van der Waals surface area contributed by atoms with Crippen LogP contribution in [-0.2, 0) is 14.6 Å². The number of nitrogens with zero attached hydrogens (tertiary/aromatic N) is 1. The quantitative estimate of drug-likeness (QED) is 0.375. The van der Waals surface area contributed by atoms with E-state index in [1.165, 1.54) is 42.1 Å². The Balaban J connectivity index is 1.57. The monoisotopic (exact) mass is 459 g/mol. The number of pyridine rings is 1. The van der Waals surface area contributed by atoms with Gasteiger partial charge in [-0.2, -0.15) is 0 Å². The first-order valence-corrected chi connectivity index (χ1v) is 12.0. The number of nitrogens with one attached hydrogen (secondary N) is 2. The van der Waals surface area contributed by atoms with Crippen molar-refractivity contribution in [2.24, 2.45) is 0 Å². The molecule has 0 radical (unpaired) electrons. The van der Waals surface area contributed by atoms with Gasteiger partial charge in [-0.15, -0.1) is 11.8 Å². The molecule has 0 aliphatic rings. The van der Waals surface area contributed by atoms with Crippen molar-refractivity contribution in [2.75, 3.05) is 24.2 Å². The van der Waals surface area contributed by atoms with Crippen molar-refractivity contribution in [3.63, 3.8) is 0 Å². The van der Waals surface area contributed by atoms with E-state index in [4.69, 9.17) is 0 Å². The van der Waals surface area contributed by atoms with Crippen LogP contribution in [0.5, 0.6) is 0 Å². The van der Waals surface area contributed by atoms with E-state index in [1.54, 1.807) is 18.3 Å². The maximum atomic E-state index is 14.9. The van der Waals surface area contributed by atoms with Gasteiger partial charge in [-0.05, 0) is 43.3 Å². The van der Waals surface area contributed by atoms with E-state index >= 15 is 0 Å². The Morgan fingerprint density at radius 3 is 2.55 bits per heavy atom. The van der Waals surface area contributed by atoms with Crippen molar-refractivity contribution in [1.82, 2.24) is 10.3 Å². The van der Waals surface area contributed by atoms with Crippen LogP contribution in [0.2, 0.25) is 0 Å². The van der Waals surface area contributed by atoms with E-state index in [9.17, 15) is 17.6 Å². The fourth-order valence-electron chi connectivity index (χ4n) is 2.72. The largest absolute Gasteiger partial charge is 0.374 e. The standard InChI is InChI=1S/C22H22FN3O3S2/c1-16-8-10-17(11-9-16)31(28,29)19-6-4-5-18(22(19)23)26-15-20(27)24-13-14-30-21-7-2-3-12-25-21/h2-12,26H,13-15H2,1H3,(H,24,27). The predicted octanol–water partition coefficient (Wildman–Crippen LogP) is 3.68. The van der Waals surface area contributed by atoms with Gasteiger partial charge >= 0.3 is 0 Å². The lowest BCUT2D eigenvalue weighted by Crippen LogP contribution is -2.31. The van der Waals surface area contributed by atoms with Crippen LogP contribution in [0.1, 0.15) is 5.56 Å². The maximum absolute atomic E-state index is 14.9. The van der Waals surface area contributed by atoms with Gasteiger partial charge in [0.2, 0.25) is 15.7 Å². The van der Waals surface area contributed by atoms with E-state index in [0.717, 1.165) is 10.6 Å². The average molecular weight is 460 g/mol. The minimum atomic E-state index is -4.02. The topological polar surface area (TPSA) is 88.2 Å². The van der Waals surface area contributed by atoms with Crippen LogP contribution in [0, 0.1) is 12.7 Å². The molecule has 2 aromatic carbocycles. The third-order valence-corrected chi connectivity index (χ3v) is 7.07. The second-order valence-corrected chi connectivity index (χ2v) is 9.69. The molecule has 0 atom stereocenters. The zero-order chi connectivity index (χ0) is 22.3. The third-order valence-electron chi connectivity index (χ3n) is 4.34. The van der Waals surface area contributed by atoms with E-state index in [1.807, 2.05) is 25.1 Å². The number of benzene rings is 2. The van der Waals surface area contributed by atoms with Crippen LogP contribution in [0.15, 0.2) is 81.7 Å². The molecule has 0 saturated carbocycles. The molecule has 3 rings (SSSR count). The Labute approximate surface area is 185 Å². The molecule has 0 saturated heterocycles. The summed E-state index contributed by atoms with van der Waals surface area (Å²) in [6, 6.07) is 15.9. The summed E-state index contributed by atoms with van der Waals surface area (Å²) in [7, 11) is -4.02. The molecule has 0 spiro atoms. The van der Waals surface area contributed by atoms with Gasteiger partial charge < -0.3 is 10.6 Å². The first kappa shape index (κ1) is 22.8. The van der Waals surface area contributed by atoms with Gasteiger partial charge in [0.05, 0.1) is 22.2 Å². The molecule has 6 nitrogen and oxygen atoms in total. The minimum Gasteiger partial charge on any atom is -0.374 e. The molecule has 0 bridgehead atoms. The van der Waals surface area contributed by atoms with Crippen molar-refractivity contribution in [2.45, 2.75) is 21.7 Å². The number of hydrogen-bond acceptors (Lipinski definition) is 6. The van der Waals surface area contributed by atoms with Crippen LogP contribution >= 0.6 is 11.8 Å². The van der Waals surface area contributed by atoms with Gasteiger partial charge in [0.15, 0.2) is 5.82 Å². The third kappa shape index (κ3) is 6.05. The summed E-state index contributed by atoms with van der Waals surface area (Å²) in [6.07, 6.45) is 1.70. The lowest BCUT2D eigenvalue weighted by atomic mass is 10.2. The number of rotatable bonds is 9. The summed E-state index contributed by atoms with van der Waals surface area (Å²) in [6.45, 7) is 2.08. The van der Waals surface area contributed by atoms with Gasteiger partial charge in [-0.25, -0.2) is 17.8 Å². The molecule has 1 amide bonds. The molecule has 9 heteroatoms.